The van der Waals surface area contributed by atoms with Gasteiger partial charge >= 0.3 is 0 Å². The van der Waals surface area contributed by atoms with E-state index >= 15 is 0 Å². The summed E-state index contributed by atoms with van der Waals surface area (Å²) in [7, 11) is 1.46. The summed E-state index contributed by atoms with van der Waals surface area (Å²) in [5.74, 6) is -3.21. The summed E-state index contributed by atoms with van der Waals surface area (Å²) in [5, 5.41) is 13.1. The molecule has 15 heavy (non-hydrogen) atoms. The SMILES string of the molecule is CN[C@@H](Cc1ccc(F)c(F)c1)C(=O)[O-]. The van der Waals surface area contributed by atoms with Gasteiger partial charge in [-0.15, -0.1) is 0 Å². The number of benzene rings is 1. The van der Waals surface area contributed by atoms with Crippen LogP contribution in [0.4, 0.5) is 8.78 Å². The van der Waals surface area contributed by atoms with Crippen molar-refractivity contribution in [2.24, 2.45) is 0 Å². The molecule has 0 aliphatic carbocycles. The van der Waals surface area contributed by atoms with Gasteiger partial charge in [-0.3, -0.25) is 0 Å². The number of hydrogen-bond acceptors (Lipinski definition) is 3. The van der Waals surface area contributed by atoms with E-state index in [0.717, 1.165) is 12.1 Å². The van der Waals surface area contributed by atoms with Crippen molar-refractivity contribution in [1.82, 2.24) is 5.32 Å². The molecule has 0 aromatic heterocycles. The number of carboxylic acid groups (broad SMARTS) is 1. The Bertz CT molecular complexity index is 368. The minimum atomic E-state index is -1.28. The molecule has 1 rings (SSSR count). The molecule has 3 nitrogen and oxygen atoms in total. The van der Waals surface area contributed by atoms with Crippen LogP contribution in [0.2, 0.25) is 0 Å². The number of halogens is 2. The van der Waals surface area contributed by atoms with Crippen LogP contribution in [0.5, 0.6) is 0 Å². The van der Waals surface area contributed by atoms with Gasteiger partial charge in [-0.2, -0.15) is 0 Å². The Morgan fingerprint density at radius 2 is 2.13 bits per heavy atom. The van der Waals surface area contributed by atoms with Crippen molar-refractivity contribution in [3.05, 3.63) is 35.4 Å². The van der Waals surface area contributed by atoms with Crippen molar-refractivity contribution in [2.45, 2.75) is 12.5 Å². The van der Waals surface area contributed by atoms with E-state index in [1.807, 2.05) is 0 Å². The largest absolute Gasteiger partial charge is 0.548 e. The second-order valence-electron chi connectivity index (χ2n) is 3.11. The minimum Gasteiger partial charge on any atom is -0.548 e. The lowest BCUT2D eigenvalue weighted by Gasteiger charge is -2.16. The molecule has 0 saturated carbocycles. The highest BCUT2D eigenvalue weighted by Gasteiger charge is 2.10. The maximum atomic E-state index is 12.8. The molecule has 1 aromatic rings. The number of carbonyl (C=O) groups is 1. The highest BCUT2D eigenvalue weighted by atomic mass is 19.2. The van der Waals surface area contributed by atoms with Crippen LogP contribution in [0.3, 0.4) is 0 Å². The van der Waals surface area contributed by atoms with Gasteiger partial charge in [0.2, 0.25) is 0 Å². The lowest BCUT2D eigenvalue weighted by atomic mass is 10.1. The Hall–Kier alpha value is -1.49. The highest BCUT2D eigenvalue weighted by molar-refractivity contribution is 5.71. The molecule has 0 radical (unpaired) electrons. The fourth-order valence-electron chi connectivity index (χ4n) is 1.21. The maximum absolute atomic E-state index is 12.8. The van der Waals surface area contributed by atoms with E-state index in [9.17, 15) is 18.7 Å². The van der Waals surface area contributed by atoms with Gasteiger partial charge < -0.3 is 15.2 Å². The van der Waals surface area contributed by atoms with Crippen LogP contribution in [-0.2, 0) is 11.2 Å². The van der Waals surface area contributed by atoms with E-state index in [1.54, 1.807) is 0 Å². The Morgan fingerprint density at radius 1 is 1.47 bits per heavy atom. The number of rotatable bonds is 4. The van der Waals surface area contributed by atoms with Gasteiger partial charge in [0.05, 0.1) is 12.0 Å². The van der Waals surface area contributed by atoms with E-state index in [2.05, 4.69) is 5.32 Å². The molecule has 0 unspecified atom stereocenters. The molecule has 1 atom stereocenters. The summed E-state index contributed by atoms with van der Waals surface area (Å²) < 4.78 is 25.3. The van der Waals surface area contributed by atoms with Gasteiger partial charge in [0.15, 0.2) is 11.6 Å². The summed E-state index contributed by atoms with van der Waals surface area (Å²) in [4.78, 5) is 10.5. The minimum absolute atomic E-state index is 0.0516. The normalized spacial score (nSPS) is 12.5. The number of nitrogens with one attached hydrogen (secondary N) is 1. The molecule has 1 aromatic carbocycles. The van der Waals surface area contributed by atoms with Crippen LogP contribution in [0.25, 0.3) is 0 Å². The van der Waals surface area contributed by atoms with E-state index in [1.165, 1.54) is 13.1 Å². The summed E-state index contributed by atoms with van der Waals surface area (Å²) in [6, 6.07) is 2.37. The van der Waals surface area contributed by atoms with Crippen LogP contribution in [0.1, 0.15) is 5.56 Å². The van der Waals surface area contributed by atoms with Crippen molar-refractivity contribution >= 4 is 5.97 Å². The first-order valence-corrected chi connectivity index (χ1v) is 4.36. The van der Waals surface area contributed by atoms with E-state index in [0.29, 0.717) is 5.56 Å². The van der Waals surface area contributed by atoms with Crippen molar-refractivity contribution in [1.29, 1.82) is 0 Å². The van der Waals surface area contributed by atoms with Gasteiger partial charge in [0, 0.05) is 0 Å². The van der Waals surface area contributed by atoms with Crippen LogP contribution < -0.4 is 10.4 Å². The smallest absolute Gasteiger partial charge is 0.159 e. The molecule has 82 valence electrons. The quantitative estimate of drug-likeness (QED) is 0.758. The number of hydrogen-bond donors (Lipinski definition) is 1. The van der Waals surface area contributed by atoms with Crippen molar-refractivity contribution in [3.8, 4) is 0 Å². The Balaban J connectivity index is 2.80. The molecular weight excluding hydrogens is 204 g/mol. The fourth-order valence-corrected chi connectivity index (χ4v) is 1.21. The third-order valence-corrected chi connectivity index (χ3v) is 2.06. The number of aliphatic carboxylic acids is 1. The predicted octanol–water partition coefficient (Wildman–Crippen LogP) is -0.155. The Labute approximate surface area is 85.7 Å². The third-order valence-electron chi connectivity index (χ3n) is 2.06. The summed E-state index contributed by atoms with van der Waals surface area (Å²) >= 11 is 0. The topological polar surface area (TPSA) is 52.2 Å². The molecular formula is C10H10F2NO2-. The van der Waals surface area contributed by atoms with Crippen LogP contribution >= 0.6 is 0 Å². The molecule has 0 aliphatic heterocycles. The van der Waals surface area contributed by atoms with E-state index in [4.69, 9.17) is 0 Å². The number of carbonyl (C=O) groups excluding carboxylic acids is 1. The molecule has 0 bridgehead atoms. The molecule has 5 heteroatoms. The number of likely N-dealkylation sites (N-methyl/N-ethyl adjacent to an activating group) is 1. The molecule has 0 fully saturated rings. The average molecular weight is 214 g/mol. The predicted molar refractivity (Wildman–Crippen MR) is 47.9 cm³/mol. The van der Waals surface area contributed by atoms with Gasteiger partial charge in [-0.25, -0.2) is 8.78 Å². The highest BCUT2D eigenvalue weighted by Crippen LogP contribution is 2.10. The molecule has 0 spiro atoms. The molecule has 0 saturated heterocycles. The van der Waals surface area contributed by atoms with Gasteiger partial charge in [-0.1, -0.05) is 6.07 Å². The van der Waals surface area contributed by atoms with E-state index in [-0.39, 0.29) is 6.42 Å². The van der Waals surface area contributed by atoms with Gasteiger partial charge in [0.1, 0.15) is 0 Å². The zero-order chi connectivity index (χ0) is 11.4. The lowest BCUT2D eigenvalue weighted by molar-refractivity contribution is -0.308. The second-order valence-corrected chi connectivity index (χ2v) is 3.11. The zero-order valence-corrected chi connectivity index (χ0v) is 8.09. The second kappa shape index (κ2) is 4.84. The molecule has 0 heterocycles. The monoisotopic (exact) mass is 214 g/mol. The first-order valence-electron chi connectivity index (χ1n) is 4.36. The Morgan fingerprint density at radius 3 is 2.60 bits per heavy atom. The van der Waals surface area contributed by atoms with Crippen molar-refractivity contribution in [3.63, 3.8) is 0 Å². The third kappa shape index (κ3) is 2.99. The summed E-state index contributed by atoms with van der Waals surface area (Å²) in [6.45, 7) is 0. The van der Waals surface area contributed by atoms with Crippen molar-refractivity contribution < 1.29 is 18.7 Å². The Kier molecular flexibility index (Phi) is 3.74. The van der Waals surface area contributed by atoms with E-state index < -0.39 is 23.6 Å². The average Bonchev–Trinajstić information content (AvgIpc) is 2.19. The number of carboxylic acids is 1. The lowest BCUT2D eigenvalue weighted by Crippen LogP contribution is -2.45. The fraction of sp³-hybridized carbons (Fsp3) is 0.300. The van der Waals surface area contributed by atoms with Crippen LogP contribution in [0, 0.1) is 11.6 Å². The summed E-state index contributed by atoms with van der Waals surface area (Å²) in [5.41, 5.74) is 0.400. The molecule has 1 N–H and O–H groups in total. The first kappa shape index (κ1) is 11.6. The molecule has 0 aliphatic rings. The maximum Gasteiger partial charge on any atom is 0.159 e. The van der Waals surface area contributed by atoms with Crippen molar-refractivity contribution in [2.75, 3.05) is 7.05 Å². The molecule has 0 amide bonds. The van der Waals surface area contributed by atoms with Crippen LogP contribution in [0.15, 0.2) is 18.2 Å². The van der Waals surface area contributed by atoms with Gasteiger partial charge in [-0.05, 0) is 31.2 Å². The van der Waals surface area contributed by atoms with Crippen LogP contribution in [-0.4, -0.2) is 19.1 Å². The standard InChI is InChI=1S/C10H11F2NO2/c1-13-9(10(14)15)5-6-2-3-7(11)8(12)4-6/h2-4,9,13H,5H2,1H3,(H,14,15)/p-1/t9-/m0/s1. The summed E-state index contributed by atoms with van der Waals surface area (Å²) in [6.07, 6.45) is 0.0516. The van der Waals surface area contributed by atoms with Gasteiger partial charge in [0.25, 0.3) is 0 Å². The zero-order valence-electron chi connectivity index (χ0n) is 8.09. The first-order chi connectivity index (χ1) is 7.04.